The molecule has 0 amide bonds. The van der Waals surface area contributed by atoms with Crippen LogP contribution in [0.3, 0.4) is 0 Å². The second-order valence-corrected chi connectivity index (χ2v) is 4.65. The molecule has 90 valence electrons. The minimum atomic E-state index is -0.234. The predicted molar refractivity (Wildman–Crippen MR) is 74.8 cm³/mol. The van der Waals surface area contributed by atoms with Gasteiger partial charge in [0.05, 0.1) is 5.41 Å². The van der Waals surface area contributed by atoms with Crippen LogP contribution in [0, 0.1) is 0 Å². The smallest absolute Gasteiger partial charge is 0.109 e. The van der Waals surface area contributed by atoms with Gasteiger partial charge in [0.1, 0.15) is 5.84 Å². The molecule has 3 rings (SSSR count). The fourth-order valence-electron chi connectivity index (χ4n) is 2.80. The number of hydrogen-bond acceptors (Lipinski definition) is 2. The highest BCUT2D eigenvalue weighted by atomic mass is 14.9. The first-order valence-electron chi connectivity index (χ1n) is 6.25. The first-order chi connectivity index (χ1) is 8.84. The lowest BCUT2D eigenvalue weighted by Crippen LogP contribution is -2.39. The molecule has 0 radical (unpaired) electrons. The Kier molecular flexibility index (Phi) is 2.63. The van der Waals surface area contributed by atoms with Crippen LogP contribution in [0.4, 0.5) is 0 Å². The van der Waals surface area contributed by atoms with Crippen LogP contribution >= 0.6 is 0 Å². The average molecular weight is 236 g/mol. The van der Waals surface area contributed by atoms with Crippen LogP contribution in [0.1, 0.15) is 17.5 Å². The largest absolute Gasteiger partial charge is 0.386 e. The molecule has 2 aromatic rings. The monoisotopic (exact) mass is 236 g/mol. The molecule has 2 aromatic carbocycles. The molecule has 1 aliphatic heterocycles. The van der Waals surface area contributed by atoms with Crippen LogP contribution < -0.4 is 5.73 Å². The molecular formula is C16H16N2. The summed E-state index contributed by atoms with van der Waals surface area (Å²) in [5.74, 6) is 0.736. The second-order valence-electron chi connectivity index (χ2n) is 4.65. The average Bonchev–Trinajstić information content (AvgIpc) is 2.84. The minimum Gasteiger partial charge on any atom is -0.386 e. The fourth-order valence-corrected chi connectivity index (χ4v) is 2.80. The van der Waals surface area contributed by atoms with Crippen molar-refractivity contribution in [1.82, 2.24) is 0 Å². The van der Waals surface area contributed by atoms with Crippen LogP contribution in [-0.2, 0) is 5.41 Å². The van der Waals surface area contributed by atoms with Gasteiger partial charge in [0.2, 0.25) is 0 Å². The van der Waals surface area contributed by atoms with Gasteiger partial charge in [-0.2, -0.15) is 0 Å². The van der Waals surface area contributed by atoms with Gasteiger partial charge in [-0.05, 0) is 17.5 Å². The predicted octanol–water partition coefficient (Wildman–Crippen LogP) is 2.73. The van der Waals surface area contributed by atoms with E-state index in [9.17, 15) is 0 Å². The number of amidine groups is 1. The highest BCUT2D eigenvalue weighted by Gasteiger charge is 2.40. The molecule has 0 bridgehead atoms. The van der Waals surface area contributed by atoms with E-state index in [2.05, 4.69) is 53.5 Å². The highest BCUT2D eigenvalue weighted by molar-refractivity contribution is 5.96. The summed E-state index contributed by atoms with van der Waals surface area (Å²) in [6.45, 7) is 0.801. The summed E-state index contributed by atoms with van der Waals surface area (Å²) in [6, 6.07) is 20.9. The summed E-state index contributed by atoms with van der Waals surface area (Å²) in [5, 5.41) is 0. The first-order valence-corrected chi connectivity index (χ1v) is 6.25. The molecular weight excluding hydrogens is 220 g/mol. The van der Waals surface area contributed by atoms with Crippen molar-refractivity contribution < 1.29 is 0 Å². The van der Waals surface area contributed by atoms with Crippen molar-refractivity contribution in [1.29, 1.82) is 0 Å². The highest BCUT2D eigenvalue weighted by Crippen LogP contribution is 2.38. The number of nitrogens with two attached hydrogens (primary N) is 1. The molecule has 0 saturated heterocycles. The van der Waals surface area contributed by atoms with E-state index in [0.29, 0.717) is 0 Å². The molecule has 2 N–H and O–H groups in total. The maximum atomic E-state index is 6.23. The van der Waals surface area contributed by atoms with Gasteiger partial charge in [0, 0.05) is 6.54 Å². The van der Waals surface area contributed by atoms with Gasteiger partial charge in [-0.25, -0.2) is 0 Å². The van der Waals surface area contributed by atoms with Gasteiger partial charge in [-0.3, -0.25) is 4.99 Å². The lowest BCUT2D eigenvalue weighted by Gasteiger charge is -2.30. The number of hydrogen-bond donors (Lipinski definition) is 1. The second kappa shape index (κ2) is 4.30. The van der Waals surface area contributed by atoms with E-state index in [1.807, 2.05) is 12.1 Å². The number of benzene rings is 2. The summed E-state index contributed by atoms with van der Waals surface area (Å²) in [6.07, 6.45) is 0.951. The van der Waals surface area contributed by atoms with E-state index >= 15 is 0 Å². The lowest BCUT2D eigenvalue weighted by molar-refractivity contribution is 0.668. The number of rotatable bonds is 2. The van der Waals surface area contributed by atoms with Crippen molar-refractivity contribution in [2.45, 2.75) is 11.8 Å². The molecule has 0 aliphatic carbocycles. The minimum absolute atomic E-state index is 0.234. The van der Waals surface area contributed by atoms with Crippen molar-refractivity contribution in [3.63, 3.8) is 0 Å². The van der Waals surface area contributed by atoms with Crippen molar-refractivity contribution in [3.05, 3.63) is 71.8 Å². The van der Waals surface area contributed by atoms with Gasteiger partial charge in [0.25, 0.3) is 0 Å². The van der Waals surface area contributed by atoms with Gasteiger partial charge in [-0.1, -0.05) is 60.7 Å². The molecule has 2 nitrogen and oxygen atoms in total. The zero-order chi connectivity index (χ0) is 12.4. The molecule has 0 unspecified atom stereocenters. The molecule has 1 heterocycles. The zero-order valence-corrected chi connectivity index (χ0v) is 10.2. The Morgan fingerprint density at radius 1 is 0.833 bits per heavy atom. The molecule has 1 aliphatic rings. The van der Waals surface area contributed by atoms with Crippen LogP contribution in [0.2, 0.25) is 0 Å². The normalized spacial score (nSPS) is 17.4. The maximum Gasteiger partial charge on any atom is 0.109 e. The van der Waals surface area contributed by atoms with E-state index in [4.69, 9.17) is 5.73 Å². The summed E-state index contributed by atoms with van der Waals surface area (Å²) in [5.41, 5.74) is 8.46. The van der Waals surface area contributed by atoms with E-state index in [-0.39, 0.29) is 5.41 Å². The zero-order valence-electron chi connectivity index (χ0n) is 10.2. The molecule has 0 spiro atoms. The Balaban J connectivity index is 2.21. The van der Waals surface area contributed by atoms with Gasteiger partial charge in [-0.15, -0.1) is 0 Å². The van der Waals surface area contributed by atoms with Gasteiger partial charge in [0.15, 0.2) is 0 Å². The van der Waals surface area contributed by atoms with E-state index < -0.39 is 0 Å². The molecule has 0 fully saturated rings. The summed E-state index contributed by atoms with van der Waals surface area (Å²) in [7, 11) is 0. The fraction of sp³-hybridized carbons (Fsp3) is 0.188. The number of aliphatic imine (C=N–C) groups is 1. The third-order valence-corrected chi connectivity index (χ3v) is 3.74. The SMILES string of the molecule is NC1=NCCC1(c1ccccc1)c1ccccc1. The first kappa shape index (κ1) is 11.0. The van der Waals surface area contributed by atoms with Crippen molar-refractivity contribution >= 4 is 5.84 Å². The standard InChI is InChI=1S/C16H16N2/c17-15-16(11-12-18-15,13-7-3-1-4-8-13)14-9-5-2-6-10-14/h1-10H,11-12H2,(H2,17,18). The third-order valence-electron chi connectivity index (χ3n) is 3.74. The summed E-state index contributed by atoms with van der Waals surface area (Å²) in [4.78, 5) is 4.44. The van der Waals surface area contributed by atoms with Crippen LogP contribution in [0.15, 0.2) is 65.7 Å². The topological polar surface area (TPSA) is 38.4 Å². The molecule has 0 aromatic heterocycles. The van der Waals surface area contributed by atoms with Crippen molar-refractivity contribution in [2.75, 3.05) is 6.54 Å². The lowest BCUT2D eigenvalue weighted by atomic mass is 9.72. The molecule has 2 heteroatoms. The Hall–Kier alpha value is -2.09. The van der Waals surface area contributed by atoms with E-state index in [1.165, 1.54) is 11.1 Å². The molecule has 18 heavy (non-hydrogen) atoms. The third kappa shape index (κ3) is 1.53. The van der Waals surface area contributed by atoms with Crippen LogP contribution in [-0.4, -0.2) is 12.4 Å². The van der Waals surface area contributed by atoms with E-state index in [1.54, 1.807) is 0 Å². The van der Waals surface area contributed by atoms with Crippen LogP contribution in [0.25, 0.3) is 0 Å². The quantitative estimate of drug-likeness (QED) is 0.855. The Morgan fingerprint density at radius 3 is 1.72 bits per heavy atom. The maximum absolute atomic E-state index is 6.23. The molecule has 0 saturated carbocycles. The van der Waals surface area contributed by atoms with Crippen molar-refractivity contribution in [3.8, 4) is 0 Å². The summed E-state index contributed by atoms with van der Waals surface area (Å²) < 4.78 is 0. The Bertz CT molecular complexity index is 519. The molecule has 0 atom stereocenters. The number of nitrogens with zero attached hydrogens (tertiary/aromatic N) is 1. The Morgan fingerprint density at radius 2 is 1.33 bits per heavy atom. The van der Waals surface area contributed by atoms with Crippen LogP contribution in [0.5, 0.6) is 0 Å². The van der Waals surface area contributed by atoms with Gasteiger partial charge < -0.3 is 5.73 Å². The van der Waals surface area contributed by atoms with Gasteiger partial charge >= 0.3 is 0 Å². The summed E-state index contributed by atoms with van der Waals surface area (Å²) >= 11 is 0. The van der Waals surface area contributed by atoms with E-state index in [0.717, 1.165) is 18.8 Å². The van der Waals surface area contributed by atoms with Crippen molar-refractivity contribution in [2.24, 2.45) is 10.7 Å². The Labute approximate surface area is 107 Å².